The van der Waals surface area contributed by atoms with Crippen molar-refractivity contribution in [2.45, 2.75) is 45.4 Å². The first-order valence-corrected chi connectivity index (χ1v) is 7.65. The number of hydrogen-bond acceptors (Lipinski definition) is 4. The number of nitrogens with zero attached hydrogens (tertiary/aromatic N) is 1. The van der Waals surface area contributed by atoms with Gasteiger partial charge in [-0.15, -0.1) is 0 Å². The monoisotopic (exact) mass is 288 g/mol. The van der Waals surface area contributed by atoms with Gasteiger partial charge in [0.05, 0.1) is 12.7 Å². The molecule has 21 heavy (non-hydrogen) atoms. The van der Waals surface area contributed by atoms with Crippen molar-refractivity contribution in [2.24, 2.45) is 0 Å². The van der Waals surface area contributed by atoms with Crippen LogP contribution in [0.2, 0.25) is 0 Å². The van der Waals surface area contributed by atoms with Crippen molar-refractivity contribution < 1.29 is 9.26 Å². The van der Waals surface area contributed by atoms with Crippen LogP contribution in [0, 0.1) is 0 Å². The van der Waals surface area contributed by atoms with E-state index in [2.05, 4.69) is 12.1 Å². The van der Waals surface area contributed by atoms with Crippen molar-refractivity contribution in [3.63, 3.8) is 0 Å². The third-order valence-corrected chi connectivity index (χ3v) is 3.67. The second-order valence-electron chi connectivity index (χ2n) is 5.23. The molecule has 0 spiro atoms. The molecule has 0 aliphatic carbocycles. The maximum Gasteiger partial charge on any atom is 0.175 e. The summed E-state index contributed by atoms with van der Waals surface area (Å²) in [6.45, 7) is 2.22. The first kappa shape index (κ1) is 15.4. The predicted octanol–water partition coefficient (Wildman–Crippen LogP) is 4.45. The van der Waals surface area contributed by atoms with E-state index in [0.29, 0.717) is 5.82 Å². The molecule has 1 heterocycles. The van der Waals surface area contributed by atoms with Crippen molar-refractivity contribution in [2.75, 3.05) is 12.8 Å². The van der Waals surface area contributed by atoms with Crippen LogP contribution in [0.4, 0.5) is 5.82 Å². The van der Waals surface area contributed by atoms with Crippen molar-refractivity contribution in [3.05, 3.63) is 30.0 Å². The zero-order valence-corrected chi connectivity index (χ0v) is 12.9. The molecule has 1 aromatic heterocycles. The molecule has 2 rings (SSSR count). The first-order valence-electron chi connectivity index (χ1n) is 7.65. The molecule has 4 heteroatoms. The second-order valence-corrected chi connectivity index (χ2v) is 5.23. The summed E-state index contributed by atoms with van der Waals surface area (Å²) in [6, 6.07) is 7.82. The first-order chi connectivity index (χ1) is 10.3. The molecule has 0 saturated carbocycles. The van der Waals surface area contributed by atoms with Crippen LogP contribution in [0.5, 0.6) is 5.75 Å². The van der Waals surface area contributed by atoms with E-state index in [4.69, 9.17) is 15.0 Å². The second kappa shape index (κ2) is 7.72. The summed E-state index contributed by atoms with van der Waals surface area (Å²) in [6.07, 6.45) is 6.97. The molecule has 0 saturated heterocycles. The Hall–Kier alpha value is -1.97. The summed E-state index contributed by atoms with van der Waals surface area (Å²) < 4.78 is 10.8. The van der Waals surface area contributed by atoms with E-state index in [1.807, 2.05) is 24.3 Å². The fourth-order valence-electron chi connectivity index (χ4n) is 2.54. The zero-order chi connectivity index (χ0) is 15.1. The number of para-hydroxylation sites is 1. The van der Waals surface area contributed by atoms with Crippen LogP contribution in [0.3, 0.4) is 0 Å². The van der Waals surface area contributed by atoms with Gasteiger partial charge < -0.3 is 15.0 Å². The number of unbranched alkanes of at least 4 members (excludes halogenated alkanes) is 4. The summed E-state index contributed by atoms with van der Waals surface area (Å²) in [7, 11) is 1.66. The van der Waals surface area contributed by atoms with Gasteiger partial charge in [0.2, 0.25) is 0 Å². The maximum atomic E-state index is 5.99. The molecule has 2 N–H and O–H groups in total. The van der Waals surface area contributed by atoms with Gasteiger partial charge in [-0.1, -0.05) is 56.0 Å². The number of ether oxygens (including phenoxy) is 1. The number of nitrogen functional groups attached to an aromatic ring is 1. The minimum absolute atomic E-state index is 0.433. The molecule has 0 bridgehead atoms. The number of aryl methyl sites for hydroxylation is 1. The minimum atomic E-state index is 0.433. The average molecular weight is 288 g/mol. The average Bonchev–Trinajstić information content (AvgIpc) is 2.88. The SMILES string of the molecule is CCCCCCCc1onc(N)c1-c1ccccc1OC. The van der Waals surface area contributed by atoms with Gasteiger partial charge in [-0.05, 0) is 12.5 Å². The van der Waals surface area contributed by atoms with E-state index in [-0.39, 0.29) is 0 Å². The van der Waals surface area contributed by atoms with E-state index >= 15 is 0 Å². The Labute approximate surface area is 126 Å². The lowest BCUT2D eigenvalue weighted by Crippen LogP contribution is -1.94. The molecule has 4 nitrogen and oxygen atoms in total. The minimum Gasteiger partial charge on any atom is -0.496 e. The van der Waals surface area contributed by atoms with Crippen LogP contribution in [-0.2, 0) is 6.42 Å². The van der Waals surface area contributed by atoms with Gasteiger partial charge in [0.1, 0.15) is 11.5 Å². The highest BCUT2D eigenvalue weighted by Gasteiger charge is 2.18. The number of benzene rings is 1. The lowest BCUT2D eigenvalue weighted by atomic mass is 10.0. The van der Waals surface area contributed by atoms with Crippen molar-refractivity contribution >= 4 is 5.82 Å². The molecule has 0 radical (unpaired) electrons. The highest BCUT2D eigenvalue weighted by atomic mass is 16.5. The molecule has 114 valence electrons. The number of hydrogen-bond donors (Lipinski definition) is 1. The third kappa shape index (κ3) is 3.78. The number of rotatable bonds is 8. The van der Waals surface area contributed by atoms with Gasteiger partial charge in [-0.2, -0.15) is 0 Å². The van der Waals surface area contributed by atoms with E-state index in [0.717, 1.165) is 35.5 Å². The van der Waals surface area contributed by atoms with Gasteiger partial charge in [-0.25, -0.2) is 0 Å². The van der Waals surface area contributed by atoms with E-state index < -0.39 is 0 Å². The number of anilines is 1. The molecule has 0 unspecified atom stereocenters. The Bertz CT molecular complexity index is 564. The van der Waals surface area contributed by atoms with Gasteiger partial charge in [0, 0.05) is 12.0 Å². The molecule has 1 aromatic carbocycles. The van der Waals surface area contributed by atoms with Gasteiger partial charge in [0.15, 0.2) is 5.82 Å². The normalized spacial score (nSPS) is 10.8. The molecular weight excluding hydrogens is 264 g/mol. The highest BCUT2D eigenvalue weighted by molar-refractivity contribution is 5.79. The Morgan fingerprint density at radius 3 is 2.67 bits per heavy atom. The molecule has 0 atom stereocenters. The van der Waals surface area contributed by atoms with Crippen LogP contribution >= 0.6 is 0 Å². The summed E-state index contributed by atoms with van der Waals surface area (Å²) in [5.74, 6) is 2.08. The van der Waals surface area contributed by atoms with E-state index in [1.165, 1.54) is 25.7 Å². The predicted molar refractivity (Wildman–Crippen MR) is 85.4 cm³/mol. The Kier molecular flexibility index (Phi) is 5.67. The summed E-state index contributed by atoms with van der Waals surface area (Å²) >= 11 is 0. The molecular formula is C17H24N2O2. The third-order valence-electron chi connectivity index (χ3n) is 3.67. The van der Waals surface area contributed by atoms with Crippen LogP contribution in [0.15, 0.2) is 28.8 Å². The fourth-order valence-corrected chi connectivity index (χ4v) is 2.54. The molecule has 0 fully saturated rings. The molecule has 0 amide bonds. The van der Waals surface area contributed by atoms with Crippen molar-refractivity contribution in [3.8, 4) is 16.9 Å². The molecule has 0 aliphatic heterocycles. The van der Waals surface area contributed by atoms with Crippen LogP contribution in [0.25, 0.3) is 11.1 Å². The lowest BCUT2D eigenvalue weighted by molar-refractivity contribution is 0.381. The summed E-state index contributed by atoms with van der Waals surface area (Å²) in [4.78, 5) is 0. The van der Waals surface area contributed by atoms with E-state index in [1.54, 1.807) is 7.11 Å². The van der Waals surface area contributed by atoms with Crippen LogP contribution in [0.1, 0.15) is 44.8 Å². The molecule has 2 aromatic rings. The number of methoxy groups -OCH3 is 1. The Morgan fingerprint density at radius 1 is 1.14 bits per heavy atom. The number of aromatic nitrogens is 1. The zero-order valence-electron chi connectivity index (χ0n) is 12.9. The smallest absolute Gasteiger partial charge is 0.175 e. The van der Waals surface area contributed by atoms with Gasteiger partial charge in [0.25, 0.3) is 0 Å². The standard InChI is InChI=1S/C17H24N2O2/c1-3-4-5-6-7-12-15-16(17(18)19-21-15)13-10-8-9-11-14(13)20-2/h8-11H,3-7,12H2,1-2H3,(H2,18,19). The van der Waals surface area contributed by atoms with Gasteiger partial charge >= 0.3 is 0 Å². The van der Waals surface area contributed by atoms with Crippen molar-refractivity contribution in [1.82, 2.24) is 5.16 Å². The lowest BCUT2D eigenvalue weighted by Gasteiger charge is -2.08. The quantitative estimate of drug-likeness (QED) is 0.729. The number of nitrogens with two attached hydrogens (primary N) is 1. The largest absolute Gasteiger partial charge is 0.496 e. The topological polar surface area (TPSA) is 61.3 Å². The van der Waals surface area contributed by atoms with Crippen LogP contribution in [-0.4, -0.2) is 12.3 Å². The van der Waals surface area contributed by atoms with Gasteiger partial charge in [-0.3, -0.25) is 0 Å². The summed E-state index contributed by atoms with van der Waals surface area (Å²) in [5, 5.41) is 3.93. The van der Waals surface area contributed by atoms with Crippen molar-refractivity contribution in [1.29, 1.82) is 0 Å². The maximum absolute atomic E-state index is 5.99. The highest BCUT2D eigenvalue weighted by Crippen LogP contribution is 2.36. The Morgan fingerprint density at radius 2 is 1.90 bits per heavy atom. The Balaban J connectivity index is 2.14. The molecule has 0 aliphatic rings. The fraction of sp³-hybridized carbons (Fsp3) is 0.471. The van der Waals surface area contributed by atoms with E-state index in [9.17, 15) is 0 Å². The van der Waals surface area contributed by atoms with Crippen LogP contribution < -0.4 is 10.5 Å². The summed E-state index contributed by atoms with van der Waals surface area (Å²) in [5.41, 5.74) is 7.81.